The lowest BCUT2D eigenvalue weighted by Crippen LogP contribution is -2.24. The van der Waals surface area contributed by atoms with Crippen LogP contribution in [0.15, 0.2) is 60.7 Å². The quantitative estimate of drug-likeness (QED) is 0.754. The fraction of sp³-hybridized carbons (Fsp3) is 0.278. The molecule has 0 atom stereocenters. The number of carbonyl (C=O) groups excluding carboxylic acids is 1. The van der Waals surface area contributed by atoms with E-state index in [9.17, 15) is 4.79 Å². The molecule has 0 saturated heterocycles. The van der Waals surface area contributed by atoms with Crippen LogP contribution in [0.5, 0.6) is 0 Å². The zero-order valence-corrected chi connectivity index (χ0v) is 12.0. The molecule has 0 aliphatic carbocycles. The third-order valence-corrected chi connectivity index (χ3v) is 3.29. The van der Waals surface area contributed by atoms with Crippen molar-refractivity contribution in [1.29, 1.82) is 0 Å². The van der Waals surface area contributed by atoms with Gasteiger partial charge < -0.3 is 9.69 Å². The van der Waals surface area contributed by atoms with Gasteiger partial charge in [-0.25, -0.2) is 0 Å². The van der Waals surface area contributed by atoms with Crippen LogP contribution in [0.3, 0.4) is 0 Å². The number of rotatable bonds is 7. The van der Waals surface area contributed by atoms with Crippen LogP contribution >= 0.6 is 0 Å². The van der Waals surface area contributed by atoms with Crippen molar-refractivity contribution in [3.63, 3.8) is 0 Å². The molecule has 0 spiro atoms. The Bertz CT molecular complexity index is 522. The van der Waals surface area contributed by atoms with Gasteiger partial charge in [-0.05, 0) is 31.0 Å². The van der Waals surface area contributed by atoms with Gasteiger partial charge in [-0.2, -0.15) is 0 Å². The fourth-order valence-corrected chi connectivity index (χ4v) is 2.26. The number of benzene rings is 2. The van der Waals surface area contributed by atoms with Crippen LogP contribution in [0, 0.1) is 0 Å². The smallest absolute Gasteiger partial charge is 0.129 e. The van der Waals surface area contributed by atoms with Crippen molar-refractivity contribution in [2.24, 2.45) is 0 Å². The van der Waals surface area contributed by atoms with Gasteiger partial charge in [0, 0.05) is 25.2 Å². The number of anilines is 1. The molecule has 0 unspecified atom stereocenters. The molecule has 2 aromatic rings. The number of Topliss-reactive ketones (excluding diaryl/α,β-unsaturated/α-hetero) is 1. The molecule has 20 heavy (non-hydrogen) atoms. The van der Waals surface area contributed by atoms with Gasteiger partial charge in [0.25, 0.3) is 0 Å². The van der Waals surface area contributed by atoms with E-state index in [1.807, 2.05) is 12.1 Å². The zero-order chi connectivity index (χ0) is 14.2. The van der Waals surface area contributed by atoms with E-state index in [1.165, 1.54) is 11.3 Å². The first-order valence-electron chi connectivity index (χ1n) is 7.09. The van der Waals surface area contributed by atoms with E-state index in [1.54, 1.807) is 6.92 Å². The lowest BCUT2D eigenvalue weighted by Gasteiger charge is -2.25. The number of carbonyl (C=O) groups is 1. The highest BCUT2D eigenvalue weighted by Gasteiger charge is 2.07. The summed E-state index contributed by atoms with van der Waals surface area (Å²) in [6.45, 7) is 3.44. The minimum atomic E-state index is 0.262. The van der Waals surface area contributed by atoms with Crippen LogP contribution in [0.4, 0.5) is 5.69 Å². The lowest BCUT2D eigenvalue weighted by atomic mass is 10.1. The van der Waals surface area contributed by atoms with E-state index in [0.29, 0.717) is 6.42 Å². The van der Waals surface area contributed by atoms with Crippen molar-refractivity contribution in [2.45, 2.75) is 26.3 Å². The van der Waals surface area contributed by atoms with E-state index >= 15 is 0 Å². The second-order valence-electron chi connectivity index (χ2n) is 5.05. The molecule has 2 nitrogen and oxygen atoms in total. The molecular formula is C18H21NO. The van der Waals surface area contributed by atoms with Crippen molar-refractivity contribution in [3.8, 4) is 0 Å². The Morgan fingerprint density at radius 2 is 1.55 bits per heavy atom. The Morgan fingerprint density at radius 3 is 2.15 bits per heavy atom. The minimum Gasteiger partial charge on any atom is -0.367 e. The van der Waals surface area contributed by atoms with Crippen LogP contribution in [0.2, 0.25) is 0 Å². The Labute approximate surface area is 121 Å². The van der Waals surface area contributed by atoms with Crippen molar-refractivity contribution >= 4 is 11.5 Å². The van der Waals surface area contributed by atoms with Gasteiger partial charge in [0.05, 0.1) is 0 Å². The molecule has 2 rings (SSSR count). The molecule has 104 valence electrons. The predicted molar refractivity (Wildman–Crippen MR) is 83.8 cm³/mol. The Morgan fingerprint density at radius 1 is 0.950 bits per heavy atom. The summed E-state index contributed by atoms with van der Waals surface area (Å²) in [4.78, 5) is 13.4. The molecule has 0 radical (unpaired) electrons. The summed E-state index contributed by atoms with van der Waals surface area (Å²) in [7, 11) is 0. The summed E-state index contributed by atoms with van der Waals surface area (Å²) in [5.74, 6) is 0.262. The van der Waals surface area contributed by atoms with E-state index in [4.69, 9.17) is 0 Å². The molecule has 0 aromatic heterocycles. The molecule has 0 aliphatic heterocycles. The van der Waals surface area contributed by atoms with E-state index in [-0.39, 0.29) is 5.78 Å². The Balaban J connectivity index is 2.06. The predicted octanol–water partition coefficient (Wildman–Crippen LogP) is 4.06. The third kappa shape index (κ3) is 4.54. The molecule has 0 heterocycles. The number of hydrogen-bond donors (Lipinski definition) is 0. The molecule has 0 saturated carbocycles. The molecule has 0 aliphatic rings. The molecule has 0 N–H and O–H groups in total. The maximum absolute atomic E-state index is 11.1. The van der Waals surface area contributed by atoms with Crippen molar-refractivity contribution in [3.05, 3.63) is 66.2 Å². The SMILES string of the molecule is CC(=O)CCCN(Cc1ccccc1)c1ccccc1. The average molecular weight is 267 g/mol. The van der Waals surface area contributed by atoms with Gasteiger partial charge in [0.2, 0.25) is 0 Å². The van der Waals surface area contributed by atoms with Crippen LogP contribution in [0.25, 0.3) is 0 Å². The Hall–Kier alpha value is -2.09. The molecular weight excluding hydrogens is 246 g/mol. The molecule has 2 heteroatoms. The number of hydrogen-bond acceptors (Lipinski definition) is 2. The zero-order valence-electron chi connectivity index (χ0n) is 12.0. The summed E-state index contributed by atoms with van der Waals surface area (Å²) in [6, 6.07) is 20.8. The van der Waals surface area contributed by atoms with Crippen LogP contribution in [-0.2, 0) is 11.3 Å². The topological polar surface area (TPSA) is 20.3 Å². The van der Waals surface area contributed by atoms with Crippen LogP contribution < -0.4 is 4.90 Å². The molecule has 0 amide bonds. The first-order chi connectivity index (χ1) is 9.75. The largest absolute Gasteiger partial charge is 0.367 e. The molecule has 2 aromatic carbocycles. The van der Waals surface area contributed by atoms with Gasteiger partial charge in [-0.3, -0.25) is 0 Å². The number of para-hydroxylation sites is 1. The van der Waals surface area contributed by atoms with Gasteiger partial charge in [-0.15, -0.1) is 0 Å². The van der Waals surface area contributed by atoms with E-state index in [2.05, 4.69) is 53.4 Å². The highest BCUT2D eigenvalue weighted by Crippen LogP contribution is 2.17. The second-order valence-corrected chi connectivity index (χ2v) is 5.05. The average Bonchev–Trinajstić information content (AvgIpc) is 2.48. The highest BCUT2D eigenvalue weighted by molar-refractivity contribution is 5.75. The van der Waals surface area contributed by atoms with Gasteiger partial charge in [0.15, 0.2) is 0 Å². The summed E-state index contributed by atoms with van der Waals surface area (Å²) in [5.41, 5.74) is 2.50. The molecule has 0 bridgehead atoms. The maximum atomic E-state index is 11.1. The van der Waals surface area contributed by atoms with Crippen molar-refractivity contribution in [1.82, 2.24) is 0 Å². The third-order valence-electron chi connectivity index (χ3n) is 3.29. The standard InChI is InChI=1S/C18H21NO/c1-16(20)9-8-14-19(18-12-6-3-7-13-18)15-17-10-4-2-5-11-17/h2-7,10-13H,8-9,14-15H2,1H3. The van der Waals surface area contributed by atoms with E-state index in [0.717, 1.165) is 19.5 Å². The first kappa shape index (κ1) is 14.3. The molecule has 0 fully saturated rings. The highest BCUT2D eigenvalue weighted by atomic mass is 16.1. The second kappa shape index (κ2) is 7.49. The van der Waals surface area contributed by atoms with Crippen LogP contribution in [-0.4, -0.2) is 12.3 Å². The van der Waals surface area contributed by atoms with Crippen molar-refractivity contribution in [2.75, 3.05) is 11.4 Å². The number of nitrogens with zero attached hydrogens (tertiary/aromatic N) is 1. The summed E-state index contributed by atoms with van der Waals surface area (Å²) in [6.07, 6.45) is 1.55. The normalized spacial score (nSPS) is 10.2. The lowest BCUT2D eigenvalue weighted by molar-refractivity contribution is -0.117. The fourth-order valence-electron chi connectivity index (χ4n) is 2.26. The Kier molecular flexibility index (Phi) is 5.36. The maximum Gasteiger partial charge on any atom is 0.129 e. The van der Waals surface area contributed by atoms with Crippen molar-refractivity contribution < 1.29 is 4.79 Å². The monoisotopic (exact) mass is 267 g/mol. The summed E-state index contributed by atoms with van der Waals surface area (Å²) < 4.78 is 0. The minimum absolute atomic E-state index is 0.262. The van der Waals surface area contributed by atoms with Gasteiger partial charge in [0.1, 0.15) is 5.78 Å². The van der Waals surface area contributed by atoms with Crippen LogP contribution in [0.1, 0.15) is 25.3 Å². The first-order valence-corrected chi connectivity index (χ1v) is 7.09. The summed E-state index contributed by atoms with van der Waals surface area (Å²) >= 11 is 0. The van der Waals surface area contributed by atoms with Gasteiger partial charge in [-0.1, -0.05) is 48.5 Å². The van der Waals surface area contributed by atoms with Gasteiger partial charge >= 0.3 is 0 Å². The number of ketones is 1. The van der Waals surface area contributed by atoms with E-state index < -0.39 is 0 Å². The summed E-state index contributed by atoms with van der Waals surface area (Å²) in [5, 5.41) is 0.